The van der Waals surface area contributed by atoms with Crippen LogP contribution in [0.1, 0.15) is 26.7 Å². The van der Waals surface area contributed by atoms with Gasteiger partial charge in [-0.25, -0.2) is 0 Å². The van der Waals surface area contributed by atoms with Gasteiger partial charge in [-0.05, 0) is 31.3 Å². The van der Waals surface area contributed by atoms with E-state index in [1.54, 1.807) is 0 Å². The van der Waals surface area contributed by atoms with Gasteiger partial charge in [0, 0.05) is 6.42 Å². The lowest BCUT2D eigenvalue weighted by Crippen LogP contribution is -2.30. The van der Waals surface area contributed by atoms with Crippen LogP contribution in [0.4, 0.5) is 0 Å². The van der Waals surface area contributed by atoms with Crippen molar-refractivity contribution < 1.29 is 9.84 Å². The highest BCUT2D eigenvalue weighted by molar-refractivity contribution is 5.17. The lowest BCUT2D eigenvalue weighted by molar-refractivity contribution is 0.0128. The zero-order valence-corrected chi connectivity index (χ0v) is 7.71. The Morgan fingerprint density at radius 1 is 1.67 bits per heavy atom. The maximum absolute atomic E-state index is 10.1. The Kier molecular flexibility index (Phi) is 1.69. The maximum Gasteiger partial charge on any atom is 0.124 e. The molecule has 0 radical (unpaired) electrons. The molecule has 1 fully saturated rings. The Morgan fingerprint density at radius 3 is 2.75 bits per heavy atom. The molecule has 0 spiro atoms. The molecule has 0 aromatic heterocycles. The predicted molar refractivity (Wildman–Crippen MR) is 46.5 cm³/mol. The van der Waals surface area contributed by atoms with Crippen molar-refractivity contribution >= 4 is 0 Å². The minimum absolute atomic E-state index is 0.418. The number of ether oxygens (including phenoxy) is 1. The van der Waals surface area contributed by atoms with E-state index in [2.05, 4.69) is 6.92 Å². The highest BCUT2D eigenvalue weighted by Crippen LogP contribution is 2.49. The molecule has 3 atom stereocenters. The Balaban J connectivity index is 2.09. The topological polar surface area (TPSA) is 29.5 Å². The van der Waals surface area contributed by atoms with Crippen molar-refractivity contribution in [1.82, 2.24) is 0 Å². The highest BCUT2D eigenvalue weighted by atomic mass is 16.5. The molecule has 0 aromatic rings. The van der Waals surface area contributed by atoms with Crippen LogP contribution < -0.4 is 0 Å². The first-order valence-electron chi connectivity index (χ1n) is 4.68. The van der Waals surface area contributed by atoms with Crippen molar-refractivity contribution in [3.05, 3.63) is 11.8 Å². The zero-order chi connectivity index (χ0) is 8.77. The van der Waals surface area contributed by atoms with E-state index in [-0.39, 0.29) is 0 Å². The summed E-state index contributed by atoms with van der Waals surface area (Å²) < 4.78 is 5.38. The first-order valence-corrected chi connectivity index (χ1v) is 4.68. The Labute approximate surface area is 73.2 Å². The van der Waals surface area contributed by atoms with Crippen molar-refractivity contribution in [2.45, 2.75) is 32.3 Å². The van der Waals surface area contributed by atoms with Crippen LogP contribution >= 0.6 is 0 Å². The minimum Gasteiger partial charge on any atom is -0.495 e. The highest BCUT2D eigenvalue weighted by Gasteiger charge is 2.50. The SMILES string of the molecule is CC1CC1C(C)(O)C1=CCCO1. The minimum atomic E-state index is -0.698. The smallest absolute Gasteiger partial charge is 0.124 e. The quantitative estimate of drug-likeness (QED) is 0.680. The van der Waals surface area contributed by atoms with Gasteiger partial charge in [-0.3, -0.25) is 0 Å². The summed E-state index contributed by atoms with van der Waals surface area (Å²) in [6.07, 6.45) is 4.10. The van der Waals surface area contributed by atoms with Gasteiger partial charge in [0.2, 0.25) is 0 Å². The maximum atomic E-state index is 10.1. The van der Waals surface area contributed by atoms with Gasteiger partial charge in [0.1, 0.15) is 11.4 Å². The molecule has 0 amide bonds. The Hall–Kier alpha value is -0.500. The van der Waals surface area contributed by atoms with Crippen LogP contribution in [0.5, 0.6) is 0 Å². The molecule has 1 N–H and O–H groups in total. The molecular weight excluding hydrogens is 152 g/mol. The number of aliphatic hydroxyl groups is 1. The monoisotopic (exact) mass is 168 g/mol. The molecule has 1 heterocycles. The summed E-state index contributed by atoms with van der Waals surface area (Å²) in [6.45, 7) is 4.79. The van der Waals surface area contributed by atoms with Crippen LogP contribution in [0.3, 0.4) is 0 Å². The van der Waals surface area contributed by atoms with E-state index >= 15 is 0 Å². The summed E-state index contributed by atoms with van der Waals surface area (Å²) in [4.78, 5) is 0. The van der Waals surface area contributed by atoms with E-state index in [0.29, 0.717) is 11.8 Å². The fourth-order valence-electron chi connectivity index (χ4n) is 2.06. The number of rotatable bonds is 2. The number of hydrogen-bond acceptors (Lipinski definition) is 2. The lowest BCUT2D eigenvalue weighted by Gasteiger charge is -2.24. The van der Waals surface area contributed by atoms with Crippen molar-refractivity contribution in [2.75, 3.05) is 6.61 Å². The molecule has 0 bridgehead atoms. The molecule has 1 aliphatic carbocycles. The summed E-state index contributed by atoms with van der Waals surface area (Å²) in [6, 6.07) is 0. The summed E-state index contributed by atoms with van der Waals surface area (Å²) >= 11 is 0. The van der Waals surface area contributed by atoms with Gasteiger partial charge in [0.15, 0.2) is 0 Å². The van der Waals surface area contributed by atoms with Gasteiger partial charge in [0.05, 0.1) is 6.61 Å². The van der Waals surface area contributed by atoms with Gasteiger partial charge < -0.3 is 9.84 Å². The standard InChI is InChI=1S/C10H16O2/c1-7-6-8(7)10(2,11)9-4-3-5-12-9/h4,7-8,11H,3,5-6H2,1-2H3. The van der Waals surface area contributed by atoms with Crippen molar-refractivity contribution in [3.63, 3.8) is 0 Å². The first kappa shape index (κ1) is 8.11. The summed E-state index contributed by atoms with van der Waals surface area (Å²) in [5.74, 6) is 1.88. The molecule has 1 saturated carbocycles. The van der Waals surface area contributed by atoms with Crippen LogP contribution in [-0.4, -0.2) is 17.3 Å². The summed E-state index contributed by atoms with van der Waals surface area (Å²) in [5.41, 5.74) is -0.698. The lowest BCUT2D eigenvalue weighted by atomic mass is 9.96. The van der Waals surface area contributed by atoms with Crippen molar-refractivity contribution in [3.8, 4) is 0 Å². The second kappa shape index (κ2) is 2.49. The largest absolute Gasteiger partial charge is 0.495 e. The molecule has 68 valence electrons. The van der Waals surface area contributed by atoms with E-state index in [0.717, 1.165) is 25.2 Å². The fraction of sp³-hybridized carbons (Fsp3) is 0.800. The summed E-state index contributed by atoms with van der Waals surface area (Å²) in [7, 11) is 0. The molecule has 2 rings (SSSR count). The molecular formula is C10H16O2. The fourth-order valence-corrected chi connectivity index (χ4v) is 2.06. The predicted octanol–water partition coefficient (Wildman–Crippen LogP) is 1.70. The third-order valence-electron chi connectivity index (χ3n) is 3.04. The molecule has 12 heavy (non-hydrogen) atoms. The van der Waals surface area contributed by atoms with E-state index in [9.17, 15) is 5.11 Å². The van der Waals surface area contributed by atoms with Crippen LogP contribution in [-0.2, 0) is 4.74 Å². The number of hydrogen-bond donors (Lipinski definition) is 1. The van der Waals surface area contributed by atoms with Crippen molar-refractivity contribution in [2.24, 2.45) is 11.8 Å². The van der Waals surface area contributed by atoms with Crippen LogP contribution in [0.15, 0.2) is 11.8 Å². The molecule has 0 saturated heterocycles. The van der Waals surface area contributed by atoms with Gasteiger partial charge in [-0.15, -0.1) is 0 Å². The van der Waals surface area contributed by atoms with Gasteiger partial charge in [-0.1, -0.05) is 6.92 Å². The van der Waals surface area contributed by atoms with E-state index in [4.69, 9.17) is 4.74 Å². The third kappa shape index (κ3) is 1.14. The third-order valence-corrected chi connectivity index (χ3v) is 3.04. The Morgan fingerprint density at radius 2 is 2.33 bits per heavy atom. The van der Waals surface area contributed by atoms with Crippen LogP contribution in [0.2, 0.25) is 0 Å². The normalized spacial score (nSPS) is 38.4. The van der Waals surface area contributed by atoms with E-state index < -0.39 is 5.60 Å². The van der Waals surface area contributed by atoms with Gasteiger partial charge >= 0.3 is 0 Å². The van der Waals surface area contributed by atoms with Gasteiger partial charge in [0.25, 0.3) is 0 Å². The first-order chi connectivity index (χ1) is 5.62. The molecule has 2 nitrogen and oxygen atoms in total. The summed E-state index contributed by atoms with van der Waals surface area (Å²) in [5, 5.41) is 10.1. The molecule has 3 unspecified atom stereocenters. The van der Waals surface area contributed by atoms with Gasteiger partial charge in [-0.2, -0.15) is 0 Å². The van der Waals surface area contributed by atoms with Crippen LogP contribution in [0, 0.1) is 11.8 Å². The second-order valence-corrected chi connectivity index (χ2v) is 4.17. The van der Waals surface area contributed by atoms with E-state index in [1.165, 1.54) is 0 Å². The molecule has 0 aromatic carbocycles. The molecule has 1 aliphatic heterocycles. The van der Waals surface area contributed by atoms with Crippen LogP contribution in [0.25, 0.3) is 0 Å². The molecule has 2 heteroatoms. The zero-order valence-electron chi connectivity index (χ0n) is 7.71. The Bertz CT molecular complexity index is 218. The van der Waals surface area contributed by atoms with E-state index in [1.807, 2.05) is 13.0 Å². The van der Waals surface area contributed by atoms with Crippen molar-refractivity contribution in [1.29, 1.82) is 0 Å². The average Bonchev–Trinajstić information content (AvgIpc) is 2.53. The second-order valence-electron chi connectivity index (χ2n) is 4.17. The average molecular weight is 168 g/mol. The molecule has 2 aliphatic rings.